The van der Waals surface area contributed by atoms with E-state index in [9.17, 15) is 17.6 Å². The van der Waals surface area contributed by atoms with Gasteiger partial charge in [-0.25, -0.2) is 17.5 Å². The van der Waals surface area contributed by atoms with E-state index in [4.69, 9.17) is 5.73 Å². The van der Waals surface area contributed by atoms with Crippen LogP contribution in [-0.2, 0) is 14.8 Å². The Bertz CT molecular complexity index is 713. The van der Waals surface area contributed by atoms with Gasteiger partial charge in [0.1, 0.15) is 5.82 Å². The van der Waals surface area contributed by atoms with Gasteiger partial charge in [-0.3, -0.25) is 4.79 Å². The Morgan fingerprint density at radius 3 is 2.22 bits per heavy atom. The van der Waals surface area contributed by atoms with Gasteiger partial charge in [-0.05, 0) is 61.8 Å². The van der Waals surface area contributed by atoms with Crippen LogP contribution in [0.25, 0.3) is 0 Å². The van der Waals surface area contributed by atoms with Gasteiger partial charge in [0, 0.05) is 0 Å². The highest BCUT2D eigenvalue weighted by Gasteiger charge is 2.50. The van der Waals surface area contributed by atoms with E-state index in [-0.39, 0.29) is 10.3 Å². The summed E-state index contributed by atoms with van der Waals surface area (Å²) >= 11 is 0. The van der Waals surface area contributed by atoms with E-state index in [0.29, 0.717) is 12.8 Å². The minimum absolute atomic E-state index is 0.115. The van der Waals surface area contributed by atoms with Gasteiger partial charge in [-0.2, -0.15) is 0 Å². The van der Waals surface area contributed by atoms with Gasteiger partial charge in [0.2, 0.25) is 0 Å². The Kier molecular flexibility index (Phi) is 3.96. The van der Waals surface area contributed by atoms with Gasteiger partial charge in [-0.15, -0.1) is 0 Å². The summed E-state index contributed by atoms with van der Waals surface area (Å²) in [6.45, 7) is 0. The van der Waals surface area contributed by atoms with Gasteiger partial charge in [0.15, 0.2) is 0 Å². The second-order valence-electron chi connectivity index (χ2n) is 6.93. The molecule has 1 aromatic rings. The summed E-state index contributed by atoms with van der Waals surface area (Å²) in [5.41, 5.74) is 5.23. The first-order valence-electron chi connectivity index (χ1n) is 7.87. The van der Waals surface area contributed by atoms with Crippen molar-refractivity contribution in [3.05, 3.63) is 30.1 Å². The lowest BCUT2D eigenvalue weighted by molar-refractivity contribution is -0.128. The molecule has 3 N–H and O–H groups in total. The molecule has 0 aliphatic heterocycles. The summed E-state index contributed by atoms with van der Waals surface area (Å²) in [5.74, 6) is -1.20. The fourth-order valence-corrected chi connectivity index (χ4v) is 4.88. The van der Waals surface area contributed by atoms with Gasteiger partial charge in [-0.1, -0.05) is 12.8 Å². The zero-order valence-corrected chi connectivity index (χ0v) is 13.7. The minimum Gasteiger partial charge on any atom is -0.317 e. The van der Waals surface area contributed by atoms with E-state index in [1.807, 2.05) is 0 Å². The molecule has 126 valence electrons. The zero-order chi connectivity index (χ0) is 16.7. The van der Waals surface area contributed by atoms with Gasteiger partial charge in [0.05, 0.1) is 10.4 Å². The molecule has 2 saturated carbocycles. The molecular weight excluding hydrogens is 319 g/mol. The van der Waals surface area contributed by atoms with Crippen LogP contribution < -0.4 is 10.5 Å². The van der Waals surface area contributed by atoms with Crippen molar-refractivity contribution in [1.29, 1.82) is 0 Å². The largest absolute Gasteiger partial charge is 0.317 e. The number of nitrogens with one attached hydrogen (secondary N) is 1. The molecular formula is C16H21FN2O3S. The van der Waals surface area contributed by atoms with E-state index in [1.54, 1.807) is 0 Å². The zero-order valence-electron chi connectivity index (χ0n) is 12.8. The Hall–Kier alpha value is -1.47. The van der Waals surface area contributed by atoms with Crippen LogP contribution in [0.4, 0.5) is 4.39 Å². The maximum Gasteiger partial charge on any atom is 0.264 e. The lowest BCUT2D eigenvalue weighted by Gasteiger charge is -2.50. The number of carbonyl (C=O) groups excluding carboxylic acids is 1. The van der Waals surface area contributed by atoms with E-state index >= 15 is 0 Å². The van der Waals surface area contributed by atoms with Gasteiger partial charge >= 0.3 is 0 Å². The Labute approximate surface area is 135 Å². The second-order valence-corrected chi connectivity index (χ2v) is 8.61. The molecule has 1 aromatic carbocycles. The summed E-state index contributed by atoms with van der Waals surface area (Å²) in [7, 11) is -4.04. The van der Waals surface area contributed by atoms with Crippen molar-refractivity contribution in [2.45, 2.75) is 55.4 Å². The number of nitrogens with two attached hydrogens (primary N) is 1. The molecule has 0 aromatic heterocycles. The van der Waals surface area contributed by atoms with Crippen molar-refractivity contribution < 1.29 is 17.6 Å². The van der Waals surface area contributed by atoms with E-state index in [0.717, 1.165) is 56.4 Å². The Balaban J connectivity index is 1.76. The minimum atomic E-state index is -4.04. The van der Waals surface area contributed by atoms with Crippen LogP contribution in [0.3, 0.4) is 0 Å². The molecule has 0 saturated heterocycles. The van der Waals surface area contributed by atoms with Gasteiger partial charge < -0.3 is 5.73 Å². The average molecular weight is 340 g/mol. The second kappa shape index (κ2) is 5.56. The SMILES string of the molecule is NC1(C(=O)NS(=O)(=O)c2ccc(F)cc2)CCCC2(CCC2)C1. The first-order chi connectivity index (χ1) is 10.7. The molecule has 0 bridgehead atoms. The highest BCUT2D eigenvalue weighted by Crippen LogP contribution is 2.53. The molecule has 5 nitrogen and oxygen atoms in total. The van der Waals surface area contributed by atoms with Crippen molar-refractivity contribution in [2.24, 2.45) is 11.1 Å². The molecule has 23 heavy (non-hydrogen) atoms. The predicted octanol–water partition coefficient (Wildman–Crippen LogP) is 2.07. The quantitative estimate of drug-likeness (QED) is 0.881. The van der Waals surface area contributed by atoms with Crippen LogP contribution >= 0.6 is 0 Å². The lowest BCUT2D eigenvalue weighted by atomic mass is 9.56. The summed E-state index contributed by atoms with van der Waals surface area (Å²) in [6, 6.07) is 4.34. The number of amides is 1. The predicted molar refractivity (Wildman–Crippen MR) is 83.4 cm³/mol. The number of rotatable bonds is 3. The third-order valence-corrected chi connectivity index (χ3v) is 6.58. The number of benzene rings is 1. The van der Waals surface area contributed by atoms with Crippen LogP contribution in [-0.4, -0.2) is 19.9 Å². The number of hydrogen-bond acceptors (Lipinski definition) is 4. The molecule has 2 fully saturated rings. The fraction of sp³-hybridized carbons (Fsp3) is 0.562. The summed E-state index contributed by atoms with van der Waals surface area (Å²) in [5, 5.41) is 0. The fourth-order valence-electron chi connectivity index (χ4n) is 3.82. The molecule has 2 aliphatic carbocycles. The summed E-state index contributed by atoms with van der Waals surface area (Å²) in [6.07, 6.45) is 6.17. The van der Waals surface area contributed by atoms with Crippen LogP contribution in [0.1, 0.15) is 44.9 Å². The lowest BCUT2D eigenvalue weighted by Crippen LogP contribution is -2.60. The first-order valence-corrected chi connectivity index (χ1v) is 9.35. The number of sulfonamides is 1. The number of hydrogen-bond donors (Lipinski definition) is 2. The maximum absolute atomic E-state index is 12.9. The number of halogens is 1. The molecule has 3 rings (SSSR count). The van der Waals surface area contributed by atoms with Crippen LogP contribution in [0.2, 0.25) is 0 Å². The van der Waals surface area contributed by atoms with Crippen LogP contribution in [0.15, 0.2) is 29.2 Å². The van der Waals surface area contributed by atoms with Crippen LogP contribution in [0.5, 0.6) is 0 Å². The molecule has 7 heteroatoms. The van der Waals surface area contributed by atoms with Crippen molar-refractivity contribution >= 4 is 15.9 Å². The molecule has 1 amide bonds. The normalized spacial score (nSPS) is 26.5. The first kappa shape index (κ1) is 16.4. The standard InChI is InChI=1S/C16H21FN2O3S/c17-12-3-5-13(6-4-12)23(21,22)19-14(20)16(18)10-2-9-15(11-16)7-1-8-15/h3-6H,1-2,7-11,18H2,(H,19,20). The molecule has 0 heterocycles. The van der Waals surface area contributed by atoms with Crippen molar-refractivity contribution in [3.63, 3.8) is 0 Å². The van der Waals surface area contributed by atoms with Crippen molar-refractivity contribution in [1.82, 2.24) is 4.72 Å². The van der Waals surface area contributed by atoms with Crippen LogP contribution in [0, 0.1) is 11.2 Å². The smallest absolute Gasteiger partial charge is 0.264 e. The average Bonchev–Trinajstić information content (AvgIpc) is 2.45. The third-order valence-electron chi connectivity index (χ3n) is 5.24. The monoisotopic (exact) mass is 340 g/mol. The third kappa shape index (κ3) is 3.12. The van der Waals surface area contributed by atoms with E-state index < -0.39 is 27.3 Å². The molecule has 1 atom stereocenters. The van der Waals surface area contributed by atoms with E-state index in [2.05, 4.69) is 4.72 Å². The summed E-state index contributed by atoms with van der Waals surface area (Å²) in [4.78, 5) is 12.4. The van der Waals surface area contributed by atoms with Gasteiger partial charge in [0.25, 0.3) is 15.9 Å². The molecule has 1 spiro atoms. The molecule has 0 radical (unpaired) electrons. The Morgan fingerprint density at radius 1 is 1.09 bits per heavy atom. The molecule has 2 aliphatic rings. The molecule has 1 unspecified atom stereocenters. The summed E-state index contributed by atoms with van der Waals surface area (Å²) < 4.78 is 39.5. The highest BCUT2D eigenvalue weighted by molar-refractivity contribution is 7.90. The topological polar surface area (TPSA) is 89.3 Å². The Morgan fingerprint density at radius 2 is 1.65 bits per heavy atom. The van der Waals surface area contributed by atoms with Crippen molar-refractivity contribution in [3.8, 4) is 0 Å². The highest BCUT2D eigenvalue weighted by atomic mass is 32.2. The number of carbonyl (C=O) groups is 1. The van der Waals surface area contributed by atoms with E-state index in [1.165, 1.54) is 0 Å². The maximum atomic E-state index is 12.9. The van der Waals surface area contributed by atoms with Crippen molar-refractivity contribution in [2.75, 3.05) is 0 Å².